The predicted octanol–water partition coefficient (Wildman–Crippen LogP) is 4.52. The average Bonchev–Trinajstić information content (AvgIpc) is 2.82. The van der Waals surface area contributed by atoms with Crippen LogP contribution in [0.4, 0.5) is 10.7 Å². The number of thiophene rings is 1. The molecule has 0 saturated heterocycles. The van der Waals surface area contributed by atoms with E-state index in [2.05, 4.69) is 29.6 Å². The molecule has 0 aliphatic heterocycles. The summed E-state index contributed by atoms with van der Waals surface area (Å²) in [5.74, 6) is 0. The molecule has 3 aromatic rings. The molecule has 3 heteroatoms. The number of nitriles is 1. The lowest BCUT2D eigenvalue weighted by Crippen LogP contribution is -1.86. The van der Waals surface area contributed by atoms with Gasteiger partial charge in [0.25, 0.3) is 0 Å². The van der Waals surface area contributed by atoms with Crippen LogP contribution < -0.4 is 5.32 Å². The van der Waals surface area contributed by atoms with Crippen molar-refractivity contribution in [2.75, 3.05) is 5.32 Å². The molecule has 0 bridgehead atoms. The molecule has 0 radical (unpaired) electrons. The van der Waals surface area contributed by atoms with Crippen LogP contribution in [-0.4, -0.2) is 0 Å². The van der Waals surface area contributed by atoms with E-state index in [4.69, 9.17) is 5.26 Å². The van der Waals surface area contributed by atoms with Gasteiger partial charge in [0.2, 0.25) is 0 Å². The van der Waals surface area contributed by atoms with Crippen molar-refractivity contribution in [3.8, 4) is 6.07 Å². The van der Waals surface area contributed by atoms with E-state index in [0.717, 1.165) is 10.7 Å². The van der Waals surface area contributed by atoms with Crippen molar-refractivity contribution < 1.29 is 0 Å². The average molecular weight is 250 g/mol. The lowest BCUT2D eigenvalue weighted by molar-refractivity contribution is 1.48. The molecule has 0 aliphatic rings. The van der Waals surface area contributed by atoms with Gasteiger partial charge in [0.1, 0.15) is 0 Å². The van der Waals surface area contributed by atoms with Crippen molar-refractivity contribution in [2.24, 2.45) is 0 Å². The first-order valence-electron chi connectivity index (χ1n) is 5.61. The number of hydrogen-bond acceptors (Lipinski definition) is 3. The van der Waals surface area contributed by atoms with Gasteiger partial charge in [-0.3, -0.25) is 0 Å². The van der Waals surface area contributed by atoms with Crippen LogP contribution in [0.3, 0.4) is 0 Å². The molecule has 0 aliphatic carbocycles. The molecule has 0 saturated carbocycles. The highest BCUT2D eigenvalue weighted by Gasteiger charge is 2.01. The Hall–Kier alpha value is -2.31. The van der Waals surface area contributed by atoms with Gasteiger partial charge >= 0.3 is 0 Å². The number of anilines is 2. The number of fused-ring (bicyclic) bond motifs is 1. The summed E-state index contributed by atoms with van der Waals surface area (Å²) in [5.41, 5.74) is 1.68. The molecule has 18 heavy (non-hydrogen) atoms. The minimum absolute atomic E-state index is 0.678. The van der Waals surface area contributed by atoms with Crippen LogP contribution in [0.2, 0.25) is 0 Å². The molecule has 0 amide bonds. The van der Waals surface area contributed by atoms with Crippen LogP contribution in [-0.2, 0) is 0 Å². The normalized spacial score (nSPS) is 10.2. The number of hydrogen-bond donors (Lipinski definition) is 1. The molecule has 2 aromatic carbocycles. The van der Waals surface area contributed by atoms with Gasteiger partial charge in [0, 0.05) is 10.4 Å². The van der Waals surface area contributed by atoms with Crippen molar-refractivity contribution in [2.45, 2.75) is 0 Å². The number of benzene rings is 2. The Morgan fingerprint density at radius 2 is 1.78 bits per heavy atom. The number of rotatable bonds is 2. The maximum Gasteiger partial charge on any atom is 0.0991 e. The van der Waals surface area contributed by atoms with Crippen LogP contribution in [0.25, 0.3) is 10.1 Å². The summed E-state index contributed by atoms with van der Waals surface area (Å²) >= 11 is 1.73. The lowest BCUT2D eigenvalue weighted by atomic mass is 10.2. The van der Waals surface area contributed by atoms with Crippen LogP contribution in [0.5, 0.6) is 0 Å². The fourth-order valence-corrected chi connectivity index (χ4v) is 2.80. The Labute approximate surface area is 109 Å². The first-order valence-corrected chi connectivity index (χ1v) is 6.42. The third-order valence-corrected chi connectivity index (χ3v) is 3.74. The van der Waals surface area contributed by atoms with Gasteiger partial charge in [-0.2, -0.15) is 5.26 Å². The van der Waals surface area contributed by atoms with E-state index in [1.54, 1.807) is 11.3 Å². The summed E-state index contributed by atoms with van der Waals surface area (Å²) < 4.78 is 1.27. The van der Waals surface area contributed by atoms with Gasteiger partial charge < -0.3 is 5.32 Å². The topological polar surface area (TPSA) is 35.8 Å². The molecular weight excluding hydrogens is 240 g/mol. The van der Waals surface area contributed by atoms with Gasteiger partial charge in [-0.15, -0.1) is 11.3 Å². The summed E-state index contributed by atoms with van der Waals surface area (Å²) in [4.78, 5) is 0. The molecule has 0 spiro atoms. The van der Waals surface area contributed by atoms with Crippen LogP contribution in [0, 0.1) is 11.3 Å². The zero-order valence-electron chi connectivity index (χ0n) is 9.55. The number of nitrogens with one attached hydrogen (secondary N) is 1. The Bertz CT molecular complexity index is 687. The van der Waals surface area contributed by atoms with E-state index >= 15 is 0 Å². The van der Waals surface area contributed by atoms with Gasteiger partial charge in [-0.05, 0) is 41.8 Å². The van der Waals surface area contributed by atoms with Crippen molar-refractivity contribution in [3.63, 3.8) is 0 Å². The Balaban J connectivity index is 1.89. The van der Waals surface area contributed by atoms with Gasteiger partial charge in [0.15, 0.2) is 0 Å². The predicted molar refractivity (Wildman–Crippen MR) is 76.3 cm³/mol. The lowest BCUT2D eigenvalue weighted by Gasteiger charge is -2.02. The smallest absolute Gasteiger partial charge is 0.0991 e. The summed E-state index contributed by atoms with van der Waals surface area (Å²) in [7, 11) is 0. The van der Waals surface area contributed by atoms with E-state index in [9.17, 15) is 0 Å². The van der Waals surface area contributed by atoms with Gasteiger partial charge in [0.05, 0.1) is 16.6 Å². The third kappa shape index (κ3) is 2.06. The van der Waals surface area contributed by atoms with Gasteiger partial charge in [-0.1, -0.05) is 18.2 Å². The summed E-state index contributed by atoms with van der Waals surface area (Å²) in [6.07, 6.45) is 0. The van der Waals surface area contributed by atoms with E-state index < -0.39 is 0 Å². The quantitative estimate of drug-likeness (QED) is 0.726. The van der Waals surface area contributed by atoms with Gasteiger partial charge in [-0.25, -0.2) is 0 Å². The Morgan fingerprint density at radius 1 is 1.00 bits per heavy atom. The molecule has 1 N–H and O–H groups in total. The van der Waals surface area contributed by atoms with E-state index in [-0.39, 0.29) is 0 Å². The molecule has 0 atom stereocenters. The maximum atomic E-state index is 8.75. The van der Waals surface area contributed by atoms with Crippen molar-refractivity contribution >= 4 is 32.1 Å². The first kappa shape index (κ1) is 10.8. The summed E-state index contributed by atoms with van der Waals surface area (Å²) in [6, 6.07) is 20.0. The van der Waals surface area contributed by atoms with Crippen molar-refractivity contribution in [1.82, 2.24) is 0 Å². The molecular formula is C15H10N2S. The monoisotopic (exact) mass is 250 g/mol. The standard InChI is InChI=1S/C15H10N2S/c16-10-11-5-7-13(8-6-11)17-15-9-12-3-1-2-4-14(12)18-15/h1-9,17H. The zero-order chi connectivity index (χ0) is 12.4. The molecule has 0 unspecified atom stereocenters. The highest BCUT2D eigenvalue weighted by atomic mass is 32.1. The molecule has 2 nitrogen and oxygen atoms in total. The molecule has 1 aromatic heterocycles. The SMILES string of the molecule is N#Cc1ccc(Nc2cc3ccccc3s2)cc1. The first-order chi connectivity index (χ1) is 8.85. The van der Waals surface area contributed by atoms with Crippen LogP contribution in [0.15, 0.2) is 54.6 Å². The molecule has 86 valence electrons. The summed E-state index contributed by atoms with van der Waals surface area (Å²) in [5, 5.41) is 14.5. The second kappa shape index (κ2) is 4.52. The highest BCUT2D eigenvalue weighted by Crippen LogP contribution is 2.31. The minimum atomic E-state index is 0.678. The minimum Gasteiger partial charge on any atom is -0.347 e. The largest absolute Gasteiger partial charge is 0.347 e. The second-order valence-electron chi connectivity index (χ2n) is 3.96. The third-order valence-electron chi connectivity index (χ3n) is 2.71. The van der Waals surface area contributed by atoms with E-state index in [1.165, 1.54) is 10.1 Å². The zero-order valence-corrected chi connectivity index (χ0v) is 10.4. The summed E-state index contributed by atoms with van der Waals surface area (Å²) in [6.45, 7) is 0. The highest BCUT2D eigenvalue weighted by molar-refractivity contribution is 7.22. The maximum absolute atomic E-state index is 8.75. The molecule has 3 rings (SSSR count). The fourth-order valence-electron chi connectivity index (χ4n) is 1.81. The molecule has 0 fully saturated rings. The second-order valence-corrected chi connectivity index (χ2v) is 5.05. The van der Waals surface area contributed by atoms with Crippen LogP contribution >= 0.6 is 11.3 Å². The van der Waals surface area contributed by atoms with E-state index in [0.29, 0.717) is 5.56 Å². The fraction of sp³-hybridized carbons (Fsp3) is 0. The van der Waals surface area contributed by atoms with Crippen LogP contribution in [0.1, 0.15) is 5.56 Å². The van der Waals surface area contributed by atoms with Crippen molar-refractivity contribution in [3.05, 3.63) is 60.2 Å². The Kier molecular flexibility index (Phi) is 2.71. The Morgan fingerprint density at radius 3 is 2.50 bits per heavy atom. The van der Waals surface area contributed by atoms with E-state index in [1.807, 2.05) is 36.4 Å². The number of nitrogens with zero attached hydrogens (tertiary/aromatic N) is 1. The molecule has 1 heterocycles. The van der Waals surface area contributed by atoms with Crippen molar-refractivity contribution in [1.29, 1.82) is 5.26 Å².